The standard InChI is InChI=1S/C30H36N8O/c1-4-20(16-21(5-2)39-22-8-10-31-11-9-22)24-6-7-25-29(34-24)30(36-35-25)26-17-23-27(33-26)18-32-19-28(23)38-14-12-37(3)13-15-38/h4-7,16-19,22,31,33H,2,8-15H2,1,3H3,(H,35,36)/b20-4+,21-16+. The molecule has 202 valence electrons. The first-order valence-electron chi connectivity index (χ1n) is 13.8. The summed E-state index contributed by atoms with van der Waals surface area (Å²) < 4.78 is 6.26. The first-order chi connectivity index (χ1) is 19.1. The maximum atomic E-state index is 6.26. The van der Waals surface area contributed by atoms with Gasteiger partial charge in [-0.05, 0) is 75.8 Å². The Morgan fingerprint density at radius 1 is 1.10 bits per heavy atom. The zero-order valence-electron chi connectivity index (χ0n) is 22.7. The van der Waals surface area contributed by atoms with Gasteiger partial charge < -0.3 is 24.8 Å². The lowest BCUT2D eigenvalue weighted by atomic mass is 10.1. The van der Waals surface area contributed by atoms with E-state index in [1.165, 1.54) is 0 Å². The van der Waals surface area contributed by atoms with Crippen molar-refractivity contribution in [2.45, 2.75) is 25.9 Å². The molecule has 39 heavy (non-hydrogen) atoms. The smallest absolute Gasteiger partial charge is 0.135 e. The Hall–Kier alpha value is -3.95. The van der Waals surface area contributed by atoms with Gasteiger partial charge in [0.05, 0.1) is 40.5 Å². The summed E-state index contributed by atoms with van der Waals surface area (Å²) in [5.74, 6) is 0.767. The molecule has 0 radical (unpaired) electrons. The minimum Gasteiger partial charge on any atom is -0.490 e. The van der Waals surface area contributed by atoms with E-state index in [9.17, 15) is 0 Å². The average molecular weight is 525 g/mol. The van der Waals surface area contributed by atoms with E-state index >= 15 is 0 Å². The van der Waals surface area contributed by atoms with E-state index in [-0.39, 0.29) is 6.10 Å². The third-order valence-electron chi connectivity index (χ3n) is 7.73. The lowest BCUT2D eigenvalue weighted by Crippen LogP contribution is -2.44. The fourth-order valence-electron chi connectivity index (χ4n) is 5.42. The molecule has 0 bridgehead atoms. The Balaban J connectivity index is 1.32. The number of aromatic nitrogens is 5. The normalized spacial score (nSPS) is 18.3. The summed E-state index contributed by atoms with van der Waals surface area (Å²) >= 11 is 0. The van der Waals surface area contributed by atoms with Gasteiger partial charge in [0.1, 0.15) is 23.1 Å². The molecule has 4 aromatic heterocycles. The molecule has 0 atom stereocenters. The van der Waals surface area contributed by atoms with E-state index in [1.807, 2.05) is 37.5 Å². The van der Waals surface area contributed by atoms with Crippen molar-refractivity contribution in [3.05, 3.63) is 66.9 Å². The van der Waals surface area contributed by atoms with Gasteiger partial charge >= 0.3 is 0 Å². The van der Waals surface area contributed by atoms with Gasteiger partial charge in [0.25, 0.3) is 0 Å². The highest BCUT2D eigenvalue weighted by atomic mass is 16.5. The van der Waals surface area contributed by atoms with Crippen LogP contribution in [0.4, 0.5) is 5.69 Å². The summed E-state index contributed by atoms with van der Waals surface area (Å²) in [4.78, 5) is 17.9. The summed E-state index contributed by atoms with van der Waals surface area (Å²) in [5, 5.41) is 12.3. The third-order valence-corrected chi connectivity index (χ3v) is 7.73. The number of anilines is 1. The average Bonchev–Trinajstić information content (AvgIpc) is 3.60. The highest BCUT2D eigenvalue weighted by Gasteiger charge is 2.20. The van der Waals surface area contributed by atoms with Gasteiger partial charge in [-0.15, -0.1) is 0 Å². The summed E-state index contributed by atoms with van der Waals surface area (Å²) in [6.45, 7) is 12.0. The number of hydrogen-bond acceptors (Lipinski definition) is 7. The van der Waals surface area contributed by atoms with Gasteiger partial charge in [-0.25, -0.2) is 4.98 Å². The molecule has 0 aromatic carbocycles. The lowest BCUT2D eigenvalue weighted by Gasteiger charge is -2.34. The van der Waals surface area contributed by atoms with Crippen LogP contribution >= 0.6 is 0 Å². The Morgan fingerprint density at radius 3 is 2.69 bits per heavy atom. The van der Waals surface area contributed by atoms with Crippen LogP contribution in [0.1, 0.15) is 25.5 Å². The van der Waals surface area contributed by atoms with Gasteiger partial charge in [0, 0.05) is 31.6 Å². The molecule has 3 N–H and O–H groups in total. The number of H-pyrrole nitrogens is 2. The second-order valence-corrected chi connectivity index (χ2v) is 10.3. The van der Waals surface area contributed by atoms with E-state index in [0.717, 1.165) is 108 Å². The summed E-state index contributed by atoms with van der Waals surface area (Å²) in [7, 11) is 2.17. The summed E-state index contributed by atoms with van der Waals surface area (Å²) in [6.07, 6.45) is 11.9. The maximum Gasteiger partial charge on any atom is 0.135 e. The zero-order chi connectivity index (χ0) is 26.8. The molecule has 0 aliphatic carbocycles. The number of allylic oxidation sites excluding steroid dienone is 4. The van der Waals surface area contributed by atoms with Gasteiger partial charge in [0.15, 0.2) is 0 Å². The van der Waals surface area contributed by atoms with Crippen molar-refractivity contribution >= 4 is 33.2 Å². The van der Waals surface area contributed by atoms with Crippen LogP contribution in [0.3, 0.4) is 0 Å². The predicted molar refractivity (Wildman–Crippen MR) is 158 cm³/mol. The van der Waals surface area contributed by atoms with Crippen molar-refractivity contribution in [3.63, 3.8) is 0 Å². The summed E-state index contributed by atoms with van der Waals surface area (Å²) in [6, 6.07) is 6.22. The van der Waals surface area contributed by atoms with E-state index in [0.29, 0.717) is 0 Å². The van der Waals surface area contributed by atoms with Crippen molar-refractivity contribution in [1.29, 1.82) is 0 Å². The van der Waals surface area contributed by atoms with Crippen LogP contribution in [0.2, 0.25) is 0 Å². The van der Waals surface area contributed by atoms with Crippen LogP contribution in [-0.4, -0.2) is 82.5 Å². The van der Waals surface area contributed by atoms with Gasteiger partial charge in [-0.1, -0.05) is 12.7 Å². The van der Waals surface area contributed by atoms with Gasteiger partial charge in [-0.2, -0.15) is 5.10 Å². The first kappa shape index (κ1) is 25.3. The van der Waals surface area contributed by atoms with Crippen molar-refractivity contribution in [1.82, 2.24) is 35.4 Å². The number of fused-ring (bicyclic) bond motifs is 2. The Bertz CT molecular complexity index is 1530. The zero-order valence-corrected chi connectivity index (χ0v) is 22.7. The van der Waals surface area contributed by atoms with Crippen molar-refractivity contribution in [2.24, 2.45) is 0 Å². The molecule has 6 rings (SSSR count). The molecule has 6 heterocycles. The fraction of sp³-hybridized carbons (Fsp3) is 0.367. The Morgan fingerprint density at radius 2 is 1.92 bits per heavy atom. The van der Waals surface area contributed by atoms with E-state index < -0.39 is 0 Å². The summed E-state index contributed by atoms with van der Waals surface area (Å²) in [5.41, 5.74) is 7.41. The van der Waals surface area contributed by atoms with Gasteiger partial charge in [-0.3, -0.25) is 10.1 Å². The Labute approximate surface area is 228 Å². The van der Waals surface area contributed by atoms with Crippen LogP contribution in [-0.2, 0) is 4.74 Å². The van der Waals surface area contributed by atoms with E-state index in [1.54, 1.807) is 6.08 Å². The number of aromatic amines is 2. The topological polar surface area (TPSA) is 98.0 Å². The molecule has 2 saturated heterocycles. The molecule has 2 aliphatic heterocycles. The molecular formula is C30H36N8O. The number of pyridine rings is 2. The Kier molecular flexibility index (Phi) is 7.17. The monoisotopic (exact) mass is 524 g/mol. The minimum atomic E-state index is 0.205. The van der Waals surface area contributed by atoms with Crippen LogP contribution in [0.15, 0.2) is 61.2 Å². The highest BCUT2D eigenvalue weighted by molar-refractivity contribution is 5.98. The number of piperidine rings is 1. The fourth-order valence-corrected chi connectivity index (χ4v) is 5.42. The van der Waals surface area contributed by atoms with E-state index in [4.69, 9.17) is 9.72 Å². The minimum absolute atomic E-state index is 0.205. The number of ether oxygens (including phenoxy) is 1. The molecule has 0 spiro atoms. The van der Waals surface area contributed by atoms with Crippen molar-refractivity contribution < 1.29 is 4.74 Å². The number of nitrogens with one attached hydrogen (secondary N) is 3. The second kappa shape index (κ2) is 11.0. The lowest BCUT2D eigenvalue weighted by molar-refractivity contribution is 0.0962. The van der Waals surface area contributed by atoms with Crippen LogP contribution in [0.25, 0.3) is 38.9 Å². The van der Waals surface area contributed by atoms with Crippen molar-refractivity contribution in [3.8, 4) is 11.4 Å². The molecule has 9 nitrogen and oxygen atoms in total. The van der Waals surface area contributed by atoms with Crippen LogP contribution < -0.4 is 10.2 Å². The number of likely N-dealkylation sites (N-methyl/N-ethyl adjacent to an activating group) is 1. The number of nitrogens with zero attached hydrogens (tertiary/aromatic N) is 5. The van der Waals surface area contributed by atoms with Crippen LogP contribution in [0.5, 0.6) is 0 Å². The third kappa shape index (κ3) is 5.20. The van der Waals surface area contributed by atoms with Gasteiger partial charge in [0.2, 0.25) is 0 Å². The largest absolute Gasteiger partial charge is 0.490 e. The predicted octanol–water partition coefficient (Wildman–Crippen LogP) is 4.49. The molecule has 0 amide bonds. The van der Waals surface area contributed by atoms with Crippen molar-refractivity contribution in [2.75, 3.05) is 51.2 Å². The molecule has 0 saturated carbocycles. The number of hydrogen-bond donors (Lipinski definition) is 3. The molecule has 0 unspecified atom stereocenters. The van der Waals surface area contributed by atoms with E-state index in [2.05, 4.69) is 61.1 Å². The maximum absolute atomic E-state index is 6.26. The molecule has 4 aromatic rings. The van der Waals surface area contributed by atoms with Crippen LogP contribution in [0, 0.1) is 0 Å². The molecule has 9 heteroatoms. The number of piperazine rings is 1. The molecular weight excluding hydrogens is 488 g/mol. The number of rotatable bonds is 7. The second-order valence-electron chi connectivity index (χ2n) is 10.3. The molecule has 2 aliphatic rings. The quantitative estimate of drug-likeness (QED) is 0.242. The SMILES string of the molecule is C=C/C(=C\C(=C/C)c1ccc2[nH]nc(-c3cc4c(N5CCN(C)CC5)cncc4[nH]3)c2n1)OC1CCNCC1. The first-order valence-corrected chi connectivity index (χ1v) is 13.8. The molecule has 2 fully saturated rings. The highest BCUT2D eigenvalue weighted by Crippen LogP contribution is 2.33.